The van der Waals surface area contributed by atoms with Gasteiger partial charge in [-0.25, -0.2) is 0 Å². The van der Waals surface area contributed by atoms with Gasteiger partial charge >= 0.3 is 59.1 Å². The molecule has 0 unspecified atom stereocenters. The van der Waals surface area contributed by atoms with Gasteiger partial charge in [0.15, 0.2) is 0 Å². The molecule has 4 nitrogen and oxygen atoms in total. The van der Waals surface area contributed by atoms with Gasteiger partial charge in [0, 0.05) is 6.61 Å². The van der Waals surface area contributed by atoms with E-state index in [9.17, 15) is 0 Å². The molecule has 0 aliphatic rings. The van der Waals surface area contributed by atoms with Crippen LogP contribution in [-0.2, 0) is 20.2 Å². The van der Waals surface area contributed by atoms with Crippen molar-refractivity contribution in [2.45, 2.75) is 6.92 Å². The summed E-state index contributed by atoms with van der Waals surface area (Å²) in [5, 5.41) is 7.57. The van der Waals surface area contributed by atoms with Crippen molar-refractivity contribution in [2.75, 3.05) is 6.61 Å². The van der Waals surface area contributed by atoms with E-state index in [-0.39, 0.29) is 65.7 Å². The van der Waals surface area contributed by atoms with E-state index in [0.717, 1.165) is 0 Å². The zero-order chi connectivity index (χ0) is 7.21. The fourth-order valence-corrected chi connectivity index (χ4v) is 0. The zero-order valence-corrected chi connectivity index (χ0v) is 11.8. The molecule has 0 saturated carbocycles. The molecular formula is C2H6Na2O4S2. The molecule has 0 aliphatic heterocycles. The van der Waals surface area contributed by atoms with E-state index >= 15 is 0 Å². The van der Waals surface area contributed by atoms with Crippen molar-refractivity contribution in [2.24, 2.45) is 0 Å². The van der Waals surface area contributed by atoms with Crippen molar-refractivity contribution in [3.63, 3.8) is 0 Å². The molecule has 0 amide bonds. The van der Waals surface area contributed by atoms with Crippen molar-refractivity contribution in [3.05, 3.63) is 0 Å². The Morgan fingerprint density at radius 1 is 1.50 bits per heavy atom. The molecule has 1 N–H and O–H groups in total. The van der Waals surface area contributed by atoms with E-state index < -0.39 is 9.05 Å². The Morgan fingerprint density at radius 3 is 1.50 bits per heavy atom. The molecular weight excluding hydrogens is 198 g/mol. The summed E-state index contributed by atoms with van der Waals surface area (Å²) in [6.45, 7) is 1.93. The molecule has 0 fully saturated rings. The van der Waals surface area contributed by atoms with Crippen LogP contribution in [0.4, 0.5) is 0 Å². The van der Waals surface area contributed by atoms with Gasteiger partial charge in [-0.1, -0.05) is 0 Å². The maximum absolute atomic E-state index is 8.89. The Balaban J connectivity index is -0.0000000326. The van der Waals surface area contributed by atoms with E-state index in [2.05, 4.69) is 11.2 Å². The third-order valence-electron chi connectivity index (χ3n) is 0. The summed E-state index contributed by atoms with van der Waals surface area (Å²) in [6.07, 6.45) is 0. The van der Waals surface area contributed by atoms with Gasteiger partial charge in [0.25, 0.3) is 0 Å². The van der Waals surface area contributed by atoms with Gasteiger partial charge in [-0.3, -0.25) is 4.21 Å². The van der Waals surface area contributed by atoms with Crippen molar-refractivity contribution < 1.29 is 77.5 Å². The van der Waals surface area contributed by atoms with E-state index in [4.69, 9.17) is 18.4 Å². The van der Waals surface area contributed by atoms with Crippen molar-refractivity contribution in [3.8, 4) is 0 Å². The standard InChI is InChI=1S/C2H6O.2Na.H2O3S2/c1-2-3;;;1-5(2,3)4/h3H,2H2,1H3;;;(H2,1,2,3,4)/q;2*+1;/p-2. The summed E-state index contributed by atoms with van der Waals surface area (Å²) in [5.74, 6) is 0. The van der Waals surface area contributed by atoms with Gasteiger partial charge in [-0.2, -0.15) is 0 Å². The van der Waals surface area contributed by atoms with Crippen LogP contribution in [0.25, 0.3) is 0 Å². The predicted molar refractivity (Wildman–Crippen MR) is 29.8 cm³/mol. The molecule has 0 aromatic carbocycles. The van der Waals surface area contributed by atoms with Crippen LogP contribution in [-0.4, -0.2) is 25.0 Å². The van der Waals surface area contributed by atoms with Crippen LogP contribution in [0.5, 0.6) is 0 Å². The average molecular weight is 204 g/mol. The summed E-state index contributed by atoms with van der Waals surface area (Å²) in [7, 11) is -4.33. The van der Waals surface area contributed by atoms with Crippen LogP contribution < -0.4 is 59.1 Å². The number of aliphatic hydroxyl groups excluding tert-OH is 1. The second-order valence-corrected chi connectivity index (χ2v) is 2.77. The predicted octanol–water partition coefficient (Wildman–Crippen LogP) is -7.00. The average Bonchev–Trinajstić information content (AvgIpc) is 1.27. The van der Waals surface area contributed by atoms with Gasteiger partial charge in [-0.15, -0.1) is 9.05 Å². The van der Waals surface area contributed by atoms with Gasteiger partial charge in [0.2, 0.25) is 0 Å². The van der Waals surface area contributed by atoms with Crippen LogP contribution in [0.1, 0.15) is 6.92 Å². The second-order valence-electron chi connectivity index (χ2n) is 0.724. The van der Waals surface area contributed by atoms with E-state index in [1.54, 1.807) is 6.92 Å². The molecule has 0 bridgehead atoms. The minimum absolute atomic E-state index is 0. The molecule has 0 aromatic rings. The van der Waals surface area contributed by atoms with E-state index in [0.29, 0.717) is 0 Å². The summed E-state index contributed by atoms with van der Waals surface area (Å²) in [4.78, 5) is 0. The summed E-state index contributed by atoms with van der Waals surface area (Å²) >= 11 is 3.24. The molecule has 10 heavy (non-hydrogen) atoms. The third kappa shape index (κ3) is 173. The largest absolute Gasteiger partial charge is 1.00 e. The quantitative estimate of drug-likeness (QED) is 0.396. The van der Waals surface area contributed by atoms with Crippen LogP contribution in [0, 0.1) is 0 Å². The monoisotopic (exact) mass is 204 g/mol. The first-order valence-electron chi connectivity index (χ1n) is 1.69. The Kier molecular flexibility index (Phi) is 31.5. The number of hydrogen-bond donors (Lipinski definition) is 1. The Labute approximate surface area is 110 Å². The molecule has 0 aromatic heterocycles. The maximum Gasteiger partial charge on any atom is 1.00 e. The number of aliphatic hydroxyl groups is 1. The Bertz CT molecular complexity index is 113. The number of rotatable bonds is 0. The van der Waals surface area contributed by atoms with Crippen molar-refractivity contribution in [1.82, 2.24) is 0 Å². The minimum atomic E-state index is -4.33. The van der Waals surface area contributed by atoms with Gasteiger partial charge < -0.3 is 14.2 Å². The molecule has 52 valence electrons. The van der Waals surface area contributed by atoms with Crippen molar-refractivity contribution in [1.29, 1.82) is 0 Å². The van der Waals surface area contributed by atoms with Crippen LogP contribution in [0.3, 0.4) is 0 Å². The van der Waals surface area contributed by atoms with Crippen molar-refractivity contribution >= 4 is 20.2 Å². The molecule has 0 rings (SSSR count). The fourth-order valence-electron chi connectivity index (χ4n) is 0. The first-order valence-corrected chi connectivity index (χ1v) is 4.02. The molecule has 0 radical (unpaired) electrons. The summed E-state index contributed by atoms with van der Waals surface area (Å²) in [6, 6.07) is 0. The minimum Gasteiger partial charge on any atom is -0.780 e. The topological polar surface area (TPSA) is 83.4 Å². The SMILES string of the molecule is CCO.O=S([O-])([O-])=S.[Na+].[Na+]. The first kappa shape index (κ1) is 22.8. The molecule has 0 saturated heterocycles. The zero-order valence-electron chi connectivity index (χ0n) is 6.20. The molecule has 0 spiro atoms. The Morgan fingerprint density at radius 2 is 1.50 bits per heavy atom. The molecule has 0 heterocycles. The molecule has 8 heteroatoms. The molecule has 0 atom stereocenters. The van der Waals surface area contributed by atoms with E-state index in [1.165, 1.54) is 0 Å². The number of hydrogen-bond acceptors (Lipinski definition) is 5. The third-order valence-corrected chi connectivity index (χ3v) is 0. The smallest absolute Gasteiger partial charge is 0.780 e. The van der Waals surface area contributed by atoms with Crippen LogP contribution in [0.2, 0.25) is 0 Å². The molecule has 0 aliphatic carbocycles. The summed E-state index contributed by atoms with van der Waals surface area (Å²) < 4.78 is 26.7. The van der Waals surface area contributed by atoms with E-state index in [1.807, 2.05) is 0 Å². The van der Waals surface area contributed by atoms with Gasteiger partial charge in [0.1, 0.15) is 0 Å². The first-order chi connectivity index (χ1) is 3.41. The van der Waals surface area contributed by atoms with Crippen LogP contribution in [0.15, 0.2) is 0 Å². The fraction of sp³-hybridized carbons (Fsp3) is 1.00. The van der Waals surface area contributed by atoms with Gasteiger partial charge in [0.05, 0.1) is 0 Å². The van der Waals surface area contributed by atoms with Crippen LogP contribution >= 0.6 is 0 Å². The normalized spacial score (nSPS) is 7.60. The summed E-state index contributed by atoms with van der Waals surface area (Å²) in [5.41, 5.74) is 0. The second kappa shape index (κ2) is 13.8. The Hall–Kier alpha value is 2.25. The maximum atomic E-state index is 8.89. The van der Waals surface area contributed by atoms with Gasteiger partial charge in [-0.05, 0) is 18.1 Å².